The maximum absolute atomic E-state index is 12.9. The zero-order valence-electron chi connectivity index (χ0n) is 14.8. The lowest BCUT2D eigenvalue weighted by atomic mass is 10.2. The molecule has 3 aromatic rings. The van der Waals surface area contributed by atoms with E-state index >= 15 is 0 Å². The van der Waals surface area contributed by atoms with Gasteiger partial charge in [0.05, 0.1) is 10.5 Å². The van der Waals surface area contributed by atoms with Crippen LogP contribution in [0.5, 0.6) is 11.6 Å². The summed E-state index contributed by atoms with van der Waals surface area (Å²) in [5.41, 5.74) is 0.837. The molecule has 1 heterocycles. The molecule has 29 heavy (non-hydrogen) atoms. The van der Waals surface area contributed by atoms with E-state index in [0.717, 1.165) is 0 Å². The molecule has 0 aliphatic heterocycles. The van der Waals surface area contributed by atoms with Crippen molar-refractivity contribution in [3.63, 3.8) is 0 Å². The Morgan fingerprint density at radius 3 is 2.48 bits per heavy atom. The number of ether oxygens (including phenoxy) is 1. The molecule has 0 radical (unpaired) electrons. The number of aromatic nitrogens is 1. The van der Waals surface area contributed by atoms with Gasteiger partial charge in [-0.25, -0.2) is 22.9 Å². The number of rotatable bonds is 6. The van der Waals surface area contributed by atoms with Gasteiger partial charge in [0, 0.05) is 23.3 Å². The number of pyridine rings is 1. The van der Waals surface area contributed by atoms with Gasteiger partial charge in [0.15, 0.2) is 0 Å². The van der Waals surface area contributed by atoms with E-state index < -0.39 is 15.9 Å². The summed E-state index contributed by atoms with van der Waals surface area (Å²) < 4.78 is 41.8. The lowest BCUT2D eigenvalue weighted by molar-refractivity contribution is 0.0950. The van der Waals surface area contributed by atoms with Gasteiger partial charge in [0.25, 0.3) is 5.91 Å². The smallest absolute Gasteiger partial charge is 0.252 e. The Labute approximate surface area is 174 Å². The minimum Gasteiger partial charge on any atom is -0.439 e. The number of amides is 1. The highest BCUT2D eigenvalue weighted by molar-refractivity contribution is 9.10. The number of nitrogens with zero attached hydrogens (tertiary/aromatic N) is 1. The van der Waals surface area contributed by atoms with Gasteiger partial charge < -0.3 is 10.1 Å². The van der Waals surface area contributed by atoms with Crippen LogP contribution >= 0.6 is 15.9 Å². The first-order valence-corrected chi connectivity index (χ1v) is 10.6. The number of primary sulfonamides is 1. The lowest BCUT2D eigenvalue weighted by Gasteiger charge is -2.09. The zero-order valence-corrected chi connectivity index (χ0v) is 17.2. The molecule has 0 unspecified atom stereocenters. The summed E-state index contributed by atoms with van der Waals surface area (Å²) in [5, 5.41) is 7.79. The highest BCUT2D eigenvalue weighted by Gasteiger charge is 2.15. The molecule has 0 saturated heterocycles. The van der Waals surface area contributed by atoms with Crippen molar-refractivity contribution < 1.29 is 22.3 Å². The Morgan fingerprint density at radius 2 is 1.86 bits per heavy atom. The maximum Gasteiger partial charge on any atom is 0.252 e. The molecule has 0 spiro atoms. The molecule has 0 bridgehead atoms. The number of benzene rings is 2. The Morgan fingerprint density at radius 1 is 1.14 bits per heavy atom. The largest absolute Gasteiger partial charge is 0.439 e. The second kappa shape index (κ2) is 8.68. The van der Waals surface area contributed by atoms with E-state index in [-0.39, 0.29) is 22.8 Å². The second-order valence-electron chi connectivity index (χ2n) is 5.93. The van der Waals surface area contributed by atoms with E-state index in [0.29, 0.717) is 21.7 Å². The van der Waals surface area contributed by atoms with Crippen molar-refractivity contribution >= 4 is 31.9 Å². The van der Waals surface area contributed by atoms with Crippen LogP contribution in [0.1, 0.15) is 15.9 Å². The molecule has 2 aromatic carbocycles. The van der Waals surface area contributed by atoms with Gasteiger partial charge in [0.2, 0.25) is 15.9 Å². The first kappa shape index (κ1) is 20.9. The lowest BCUT2D eigenvalue weighted by Crippen LogP contribution is -2.24. The van der Waals surface area contributed by atoms with Crippen LogP contribution in [0.15, 0.2) is 70.2 Å². The van der Waals surface area contributed by atoms with Crippen LogP contribution in [-0.2, 0) is 16.6 Å². The molecular formula is C19H15BrFN3O4S. The Kier molecular flexibility index (Phi) is 6.26. The van der Waals surface area contributed by atoms with Crippen molar-refractivity contribution in [3.8, 4) is 11.6 Å². The Hall–Kier alpha value is -2.82. The average Bonchev–Trinajstić information content (AvgIpc) is 2.68. The van der Waals surface area contributed by atoms with Crippen LogP contribution in [0.3, 0.4) is 0 Å². The van der Waals surface area contributed by atoms with Gasteiger partial charge in [-0.15, -0.1) is 0 Å². The molecule has 1 amide bonds. The van der Waals surface area contributed by atoms with Gasteiger partial charge >= 0.3 is 0 Å². The van der Waals surface area contributed by atoms with Crippen LogP contribution in [0, 0.1) is 5.82 Å². The van der Waals surface area contributed by atoms with Crippen LogP contribution in [-0.4, -0.2) is 19.3 Å². The number of nitrogens with two attached hydrogens (primary N) is 1. The number of nitrogens with one attached hydrogen (secondary N) is 1. The van der Waals surface area contributed by atoms with E-state index in [9.17, 15) is 17.6 Å². The third-order valence-electron chi connectivity index (χ3n) is 3.80. The van der Waals surface area contributed by atoms with Crippen LogP contribution in [0.2, 0.25) is 0 Å². The third-order valence-corrected chi connectivity index (χ3v) is 5.40. The second-order valence-corrected chi connectivity index (χ2v) is 8.35. The molecule has 0 aliphatic rings. The van der Waals surface area contributed by atoms with Gasteiger partial charge in [-0.05, 0) is 64.0 Å². The molecular weight excluding hydrogens is 465 g/mol. The van der Waals surface area contributed by atoms with E-state index in [1.54, 1.807) is 12.1 Å². The van der Waals surface area contributed by atoms with Crippen LogP contribution in [0.25, 0.3) is 0 Å². The number of halogens is 2. The standard InChI is InChI=1S/C19H15BrFN3O4S/c20-17-7-6-15(29(22,26)27)9-16(17)19(25)24-11-12-1-8-18(23-10-12)28-14-4-2-13(21)3-5-14/h1-10H,11H2,(H,24,25)(H2,22,26,27). The fourth-order valence-electron chi connectivity index (χ4n) is 2.33. The minimum atomic E-state index is -3.92. The van der Waals surface area contributed by atoms with E-state index in [2.05, 4.69) is 26.2 Å². The fraction of sp³-hybridized carbons (Fsp3) is 0.0526. The van der Waals surface area contributed by atoms with Crippen molar-refractivity contribution in [2.75, 3.05) is 0 Å². The van der Waals surface area contributed by atoms with Gasteiger partial charge in [-0.3, -0.25) is 4.79 Å². The molecule has 7 nitrogen and oxygen atoms in total. The van der Waals surface area contributed by atoms with Gasteiger partial charge in [-0.1, -0.05) is 6.07 Å². The van der Waals surface area contributed by atoms with Crippen molar-refractivity contribution in [2.45, 2.75) is 11.4 Å². The number of hydrogen-bond donors (Lipinski definition) is 2. The molecule has 0 atom stereocenters. The predicted molar refractivity (Wildman–Crippen MR) is 107 cm³/mol. The summed E-state index contributed by atoms with van der Waals surface area (Å²) in [6.45, 7) is 0.161. The quantitative estimate of drug-likeness (QED) is 0.562. The number of hydrogen-bond acceptors (Lipinski definition) is 5. The number of carbonyl (C=O) groups excluding carboxylic acids is 1. The molecule has 150 valence electrons. The van der Waals surface area contributed by atoms with Gasteiger partial charge in [0.1, 0.15) is 11.6 Å². The Balaban J connectivity index is 1.64. The monoisotopic (exact) mass is 479 g/mol. The van der Waals surface area contributed by atoms with Crippen molar-refractivity contribution in [1.82, 2.24) is 10.3 Å². The first-order chi connectivity index (χ1) is 13.7. The Bertz CT molecular complexity index is 1140. The summed E-state index contributed by atoms with van der Waals surface area (Å²) in [6.07, 6.45) is 1.52. The molecule has 1 aromatic heterocycles. The highest BCUT2D eigenvalue weighted by atomic mass is 79.9. The van der Waals surface area contributed by atoms with Crippen LogP contribution < -0.4 is 15.2 Å². The molecule has 3 N–H and O–H groups in total. The zero-order chi connectivity index (χ0) is 21.0. The third kappa shape index (κ3) is 5.59. The molecule has 0 saturated carbocycles. The number of carbonyl (C=O) groups is 1. The summed E-state index contributed by atoms with van der Waals surface area (Å²) in [6, 6.07) is 12.8. The predicted octanol–water partition coefficient (Wildman–Crippen LogP) is 3.35. The molecule has 0 fully saturated rings. The SMILES string of the molecule is NS(=O)(=O)c1ccc(Br)c(C(=O)NCc2ccc(Oc3ccc(F)cc3)nc2)c1. The molecule has 3 rings (SSSR count). The summed E-state index contributed by atoms with van der Waals surface area (Å²) >= 11 is 3.22. The normalized spacial score (nSPS) is 11.1. The van der Waals surface area contributed by atoms with Crippen molar-refractivity contribution in [2.24, 2.45) is 5.14 Å². The molecule has 0 aliphatic carbocycles. The van der Waals surface area contributed by atoms with E-state index in [1.165, 1.54) is 48.7 Å². The summed E-state index contributed by atoms with van der Waals surface area (Å²) in [7, 11) is -3.92. The highest BCUT2D eigenvalue weighted by Crippen LogP contribution is 2.21. The van der Waals surface area contributed by atoms with E-state index in [1.807, 2.05) is 0 Å². The van der Waals surface area contributed by atoms with Crippen molar-refractivity contribution in [3.05, 3.63) is 82.2 Å². The topological polar surface area (TPSA) is 111 Å². The average molecular weight is 480 g/mol. The molecule has 10 heteroatoms. The summed E-state index contributed by atoms with van der Waals surface area (Å²) in [4.78, 5) is 16.4. The van der Waals surface area contributed by atoms with Crippen molar-refractivity contribution in [1.29, 1.82) is 0 Å². The number of sulfonamides is 1. The fourth-order valence-corrected chi connectivity index (χ4v) is 3.30. The summed E-state index contributed by atoms with van der Waals surface area (Å²) in [5.74, 6) is -0.0820. The minimum absolute atomic E-state index is 0.140. The van der Waals surface area contributed by atoms with Crippen LogP contribution in [0.4, 0.5) is 4.39 Å². The first-order valence-electron chi connectivity index (χ1n) is 8.21. The maximum atomic E-state index is 12.9. The van der Waals surface area contributed by atoms with E-state index in [4.69, 9.17) is 9.88 Å². The van der Waals surface area contributed by atoms with Gasteiger partial charge in [-0.2, -0.15) is 0 Å².